The predicted octanol–water partition coefficient (Wildman–Crippen LogP) is 7.25. The van der Waals surface area contributed by atoms with Crippen molar-refractivity contribution in [2.24, 2.45) is 22.9 Å². The van der Waals surface area contributed by atoms with E-state index in [4.69, 9.17) is 22.9 Å². The zero-order valence-electron chi connectivity index (χ0n) is 31.8. The van der Waals surface area contributed by atoms with E-state index in [1.54, 1.807) is 158 Å². The molecule has 0 bridgehead atoms. The predicted molar refractivity (Wildman–Crippen MR) is 231 cm³/mol. The van der Waals surface area contributed by atoms with Gasteiger partial charge in [-0.05, 0) is 136 Å². The Morgan fingerprint density at radius 3 is 1.02 bits per heavy atom. The van der Waals surface area contributed by atoms with Gasteiger partial charge in [0.1, 0.15) is 0 Å². The van der Waals surface area contributed by atoms with Crippen LogP contribution >= 0.6 is 0 Å². The van der Waals surface area contributed by atoms with Gasteiger partial charge in [-0.25, -0.2) is 0 Å². The Balaban J connectivity index is 1.11. The molecule has 0 spiro atoms. The third kappa shape index (κ3) is 8.67. The first kappa shape index (κ1) is 39.6. The fourth-order valence-corrected chi connectivity index (χ4v) is 6.74. The van der Waals surface area contributed by atoms with Crippen LogP contribution in [0.4, 0.5) is 11.4 Å². The zero-order valence-corrected chi connectivity index (χ0v) is 31.8. The largest absolute Gasteiger partial charge is 0.366 e. The molecule has 6 amide bonds. The van der Waals surface area contributed by atoms with E-state index >= 15 is 0 Å². The maximum atomic E-state index is 13.6. The lowest BCUT2D eigenvalue weighted by Crippen LogP contribution is -2.14. The number of carbonyl (C=O) groups excluding carboxylic acids is 6. The van der Waals surface area contributed by atoms with Gasteiger partial charge in [0.15, 0.2) is 0 Å². The lowest BCUT2D eigenvalue weighted by atomic mass is 9.91. The van der Waals surface area contributed by atoms with Gasteiger partial charge >= 0.3 is 0 Å². The van der Waals surface area contributed by atoms with E-state index in [9.17, 15) is 28.8 Å². The van der Waals surface area contributed by atoms with E-state index in [1.807, 2.05) is 0 Å². The smallest absolute Gasteiger partial charge is 0.255 e. The molecule has 0 atom stereocenters. The Labute approximate surface area is 343 Å². The topological polar surface area (TPSA) is 231 Å². The number of hydrogen-bond donors (Lipinski definition) is 6. The van der Waals surface area contributed by atoms with Crippen molar-refractivity contribution in [3.8, 4) is 44.5 Å². The summed E-state index contributed by atoms with van der Waals surface area (Å²) in [6.07, 6.45) is 0. The van der Waals surface area contributed by atoms with Crippen LogP contribution in [0.15, 0.2) is 158 Å². The first-order valence-electron chi connectivity index (χ1n) is 18.5. The van der Waals surface area contributed by atoms with Gasteiger partial charge in [0.05, 0.1) is 0 Å². The molecule has 0 saturated heterocycles. The van der Waals surface area contributed by atoms with Crippen LogP contribution in [0.2, 0.25) is 0 Å². The van der Waals surface area contributed by atoms with Crippen LogP contribution in [0.25, 0.3) is 44.5 Å². The fourth-order valence-electron chi connectivity index (χ4n) is 6.74. The lowest BCUT2D eigenvalue weighted by molar-refractivity contribution is 0.0992. The maximum absolute atomic E-state index is 13.6. The molecule has 294 valence electrons. The van der Waals surface area contributed by atoms with Gasteiger partial charge in [0.25, 0.3) is 11.8 Å². The second-order valence-electron chi connectivity index (χ2n) is 13.8. The second kappa shape index (κ2) is 16.8. The van der Waals surface area contributed by atoms with Crippen molar-refractivity contribution in [3.05, 3.63) is 191 Å². The number of hydrogen-bond acceptors (Lipinski definition) is 6. The summed E-state index contributed by atoms with van der Waals surface area (Å²) < 4.78 is 0. The molecule has 7 aromatic rings. The molecule has 0 aliphatic rings. The van der Waals surface area contributed by atoms with Crippen molar-refractivity contribution >= 4 is 46.8 Å². The Morgan fingerprint density at radius 1 is 0.300 bits per heavy atom. The molecule has 0 radical (unpaired) electrons. The van der Waals surface area contributed by atoms with E-state index in [0.29, 0.717) is 55.9 Å². The van der Waals surface area contributed by atoms with Gasteiger partial charge in [-0.3, -0.25) is 28.8 Å². The summed E-state index contributed by atoms with van der Waals surface area (Å²) in [6.45, 7) is 0. The quantitative estimate of drug-likeness (QED) is 0.0745. The molecule has 0 aromatic heterocycles. The summed E-state index contributed by atoms with van der Waals surface area (Å²) in [5.74, 6) is -3.20. The molecule has 0 heterocycles. The standard InChI is InChI=1S/C48H36N6O6/c49-43(55)29-14-10-27(11-15-29)39-20-18-33(45(51)57)24-41(39)31-4-1-6-35(22-31)47(59)53-37-8-3-9-38(26-37)54-48(60)36-7-2-5-32(23-36)42-25-34(46(52)58)19-21-40(42)28-12-16-30(17-13-28)44(50)56/h1-26H,(H2,49,55)(H2,50,56)(H2,51,57)(H2,52,58)(H,53,59)(H,54,60). The van der Waals surface area contributed by atoms with Crippen LogP contribution in [-0.4, -0.2) is 35.4 Å². The van der Waals surface area contributed by atoms with Crippen LogP contribution in [0.1, 0.15) is 62.1 Å². The molecule has 0 aliphatic heterocycles. The van der Waals surface area contributed by atoms with Gasteiger partial charge in [0, 0.05) is 44.8 Å². The number of primary amides is 4. The highest BCUT2D eigenvalue weighted by Gasteiger charge is 2.17. The SMILES string of the molecule is NC(=O)c1ccc(-c2ccc(C(N)=O)cc2-c2cccc(C(=O)Nc3cccc(NC(=O)c4cccc(-c5cc(C(N)=O)ccc5-c5ccc(C(N)=O)cc5)c4)c3)c2)cc1. The third-order valence-corrected chi connectivity index (χ3v) is 9.82. The van der Waals surface area contributed by atoms with Crippen LogP contribution in [0, 0.1) is 0 Å². The molecule has 12 nitrogen and oxygen atoms in total. The van der Waals surface area contributed by atoms with Crippen molar-refractivity contribution in [3.63, 3.8) is 0 Å². The maximum Gasteiger partial charge on any atom is 0.255 e. The van der Waals surface area contributed by atoms with Crippen molar-refractivity contribution in [2.45, 2.75) is 0 Å². The average Bonchev–Trinajstić information content (AvgIpc) is 3.26. The second-order valence-corrected chi connectivity index (χ2v) is 13.8. The summed E-state index contributed by atoms with van der Waals surface area (Å²) in [7, 11) is 0. The van der Waals surface area contributed by atoms with E-state index in [-0.39, 0.29) is 11.1 Å². The molecule has 0 aliphatic carbocycles. The van der Waals surface area contributed by atoms with Crippen molar-refractivity contribution in [1.29, 1.82) is 0 Å². The van der Waals surface area contributed by atoms with Crippen molar-refractivity contribution in [2.75, 3.05) is 10.6 Å². The number of amides is 6. The Bertz CT molecular complexity index is 2680. The third-order valence-electron chi connectivity index (χ3n) is 9.82. The minimum Gasteiger partial charge on any atom is -0.366 e. The minimum atomic E-state index is -0.616. The highest BCUT2D eigenvalue weighted by Crippen LogP contribution is 2.36. The van der Waals surface area contributed by atoms with Crippen LogP contribution < -0.4 is 33.6 Å². The first-order valence-corrected chi connectivity index (χ1v) is 18.5. The van der Waals surface area contributed by atoms with Crippen molar-refractivity contribution in [1.82, 2.24) is 0 Å². The molecule has 60 heavy (non-hydrogen) atoms. The van der Waals surface area contributed by atoms with Gasteiger partial charge in [-0.1, -0.05) is 66.7 Å². The fraction of sp³-hybridized carbons (Fsp3) is 0. The molecule has 7 rings (SSSR count). The first-order chi connectivity index (χ1) is 28.8. The minimum absolute atomic E-state index is 0.276. The molecule has 0 fully saturated rings. The number of anilines is 2. The molecule has 7 aromatic carbocycles. The summed E-state index contributed by atoms with van der Waals surface area (Å²) in [5, 5.41) is 5.78. The number of nitrogens with two attached hydrogens (primary N) is 4. The van der Waals surface area contributed by atoms with E-state index < -0.39 is 35.4 Å². The van der Waals surface area contributed by atoms with Gasteiger partial charge < -0.3 is 33.6 Å². The Hall–Kier alpha value is -8.64. The van der Waals surface area contributed by atoms with Gasteiger partial charge in [-0.2, -0.15) is 0 Å². The van der Waals surface area contributed by atoms with E-state index in [0.717, 1.165) is 22.3 Å². The Morgan fingerprint density at radius 2 is 0.650 bits per heavy atom. The number of nitrogens with one attached hydrogen (secondary N) is 2. The van der Waals surface area contributed by atoms with E-state index in [2.05, 4.69) is 10.6 Å². The van der Waals surface area contributed by atoms with Gasteiger partial charge in [-0.15, -0.1) is 0 Å². The monoisotopic (exact) mass is 792 g/mol. The molecule has 0 saturated carbocycles. The molecular weight excluding hydrogens is 757 g/mol. The van der Waals surface area contributed by atoms with E-state index in [1.165, 1.54) is 0 Å². The lowest BCUT2D eigenvalue weighted by Gasteiger charge is -2.14. The summed E-state index contributed by atoms with van der Waals surface area (Å²) in [5.41, 5.74) is 30.3. The number of carbonyl (C=O) groups is 6. The molecule has 12 heteroatoms. The van der Waals surface area contributed by atoms with Gasteiger partial charge in [0.2, 0.25) is 23.6 Å². The summed E-state index contributed by atoms with van der Waals surface area (Å²) in [4.78, 5) is 74.9. The number of benzene rings is 7. The summed E-state index contributed by atoms with van der Waals surface area (Å²) >= 11 is 0. The highest BCUT2D eigenvalue weighted by atomic mass is 16.2. The molecular formula is C48H36N6O6. The van der Waals surface area contributed by atoms with Crippen LogP contribution in [-0.2, 0) is 0 Å². The zero-order chi connectivity index (χ0) is 42.5. The molecule has 10 N–H and O–H groups in total. The van der Waals surface area contributed by atoms with Crippen molar-refractivity contribution < 1.29 is 28.8 Å². The normalized spacial score (nSPS) is 10.7. The number of rotatable bonds is 12. The molecule has 0 unspecified atom stereocenters. The average molecular weight is 793 g/mol. The highest BCUT2D eigenvalue weighted by molar-refractivity contribution is 6.08. The Kier molecular flexibility index (Phi) is 11.1. The van der Waals surface area contributed by atoms with Crippen LogP contribution in [0.5, 0.6) is 0 Å². The summed E-state index contributed by atoms with van der Waals surface area (Å²) in [6, 6.07) is 43.9. The van der Waals surface area contributed by atoms with Crippen LogP contribution in [0.3, 0.4) is 0 Å².